The molecule has 0 aliphatic carbocycles. The Labute approximate surface area is 102 Å². The molecule has 0 atom stereocenters. The minimum absolute atomic E-state index is 0.140. The van der Waals surface area contributed by atoms with Crippen LogP contribution >= 0.6 is 11.6 Å². The van der Waals surface area contributed by atoms with Gasteiger partial charge in [-0.25, -0.2) is 0 Å². The minimum atomic E-state index is -0.506. The number of benzene rings is 1. The van der Waals surface area contributed by atoms with Gasteiger partial charge >= 0.3 is 0 Å². The first kappa shape index (κ1) is 13.2. The van der Waals surface area contributed by atoms with Crippen molar-refractivity contribution < 1.29 is 4.79 Å². The largest absolute Gasteiger partial charge is 0.308 e. The van der Waals surface area contributed by atoms with Gasteiger partial charge in [-0.15, -0.1) is 0 Å². The van der Waals surface area contributed by atoms with Crippen molar-refractivity contribution in [3.05, 3.63) is 34.3 Å². The highest BCUT2D eigenvalue weighted by molar-refractivity contribution is 6.31. The standard InChI is InChI=1S/C13H18ClNO/c1-9-5-6-10(11(14)7-9)8-12(16)13(2,3)15-4/h5-7,15H,8H2,1-4H3. The molecule has 0 aliphatic rings. The molecular weight excluding hydrogens is 222 g/mol. The van der Waals surface area contributed by atoms with Crippen LogP contribution in [0.4, 0.5) is 0 Å². The van der Waals surface area contributed by atoms with Crippen LogP contribution < -0.4 is 5.32 Å². The molecule has 3 heteroatoms. The van der Waals surface area contributed by atoms with Gasteiger partial charge in [-0.2, -0.15) is 0 Å². The zero-order valence-electron chi connectivity index (χ0n) is 10.2. The van der Waals surface area contributed by atoms with Crippen molar-refractivity contribution in [3.8, 4) is 0 Å². The second-order valence-electron chi connectivity index (χ2n) is 4.57. The van der Waals surface area contributed by atoms with Crippen LogP contribution in [0.5, 0.6) is 0 Å². The second-order valence-corrected chi connectivity index (χ2v) is 4.98. The number of carbonyl (C=O) groups is 1. The van der Waals surface area contributed by atoms with Crippen LogP contribution in [-0.2, 0) is 11.2 Å². The van der Waals surface area contributed by atoms with Crippen LogP contribution in [0.1, 0.15) is 25.0 Å². The molecule has 0 fully saturated rings. The topological polar surface area (TPSA) is 29.1 Å². The van der Waals surface area contributed by atoms with E-state index < -0.39 is 5.54 Å². The summed E-state index contributed by atoms with van der Waals surface area (Å²) in [7, 11) is 1.79. The van der Waals surface area contributed by atoms with E-state index in [4.69, 9.17) is 11.6 Å². The molecule has 0 saturated heterocycles. The maximum Gasteiger partial charge on any atom is 0.156 e. The third-order valence-corrected chi connectivity index (χ3v) is 3.23. The lowest BCUT2D eigenvalue weighted by Crippen LogP contribution is -2.45. The number of nitrogens with one attached hydrogen (secondary N) is 1. The van der Waals surface area contributed by atoms with E-state index in [0.29, 0.717) is 11.4 Å². The molecule has 0 amide bonds. The van der Waals surface area contributed by atoms with E-state index in [2.05, 4.69) is 5.32 Å². The van der Waals surface area contributed by atoms with Gasteiger partial charge in [0.25, 0.3) is 0 Å². The number of Topliss-reactive ketones (excluding diaryl/α,β-unsaturated/α-hetero) is 1. The molecule has 1 aromatic carbocycles. The van der Waals surface area contributed by atoms with Crippen LogP contribution in [-0.4, -0.2) is 18.4 Å². The SMILES string of the molecule is CNC(C)(C)C(=O)Cc1ccc(C)cc1Cl. The first-order chi connectivity index (χ1) is 7.36. The van der Waals surface area contributed by atoms with Gasteiger partial charge in [0.1, 0.15) is 0 Å². The fourth-order valence-corrected chi connectivity index (χ4v) is 1.63. The summed E-state index contributed by atoms with van der Waals surface area (Å²) in [4.78, 5) is 12.0. The molecule has 1 rings (SSSR count). The molecular formula is C13H18ClNO. The van der Waals surface area contributed by atoms with Crippen LogP contribution in [0.25, 0.3) is 0 Å². The molecule has 0 bridgehead atoms. The van der Waals surface area contributed by atoms with Gasteiger partial charge in [-0.05, 0) is 45.0 Å². The molecule has 1 N–H and O–H groups in total. The van der Waals surface area contributed by atoms with Gasteiger partial charge in [0.2, 0.25) is 0 Å². The number of likely N-dealkylation sites (N-methyl/N-ethyl adjacent to an activating group) is 1. The van der Waals surface area contributed by atoms with Crippen molar-refractivity contribution in [1.82, 2.24) is 5.32 Å². The zero-order chi connectivity index (χ0) is 12.3. The Hall–Kier alpha value is -0.860. The second kappa shape index (κ2) is 4.98. The Morgan fingerprint density at radius 1 is 1.44 bits per heavy atom. The van der Waals surface area contributed by atoms with E-state index in [1.54, 1.807) is 7.05 Å². The summed E-state index contributed by atoms with van der Waals surface area (Å²) in [6.07, 6.45) is 0.368. The Balaban J connectivity index is 2.85. The van der Waals surface area contributed by atoms with E-state index in [-0.39, 0.29) is 5.78 Å². The molecule has 16 heavy (non-hydrogen) atoms. The molecule has 0 spiro atoms. The fourth-order valence-electron chi connectivity index (χ4n) is 1.33. The Morgan fingerprint density at radius 3 is 2.56 bits per heavy atom. The lowest BCUT2D eigenvalue weighted by atomic mass is 9.93. The number of hydrogen-bond donors (Lipinski definition) is 1. The summed E-state index contributed by atoms with van der Waals surface area (Å²) in [5.41, 5.74) is 1.49. The Morgan fingerprint density at radius 2 is 2.06 bits per heavy atom. The summed E-state index contributed by atoms with van der Waals surface area (Å²) >= 11 is 6.09. The zero-order valence-corrected chi connectivity index (χ0v) is 11.0. The average molecular weight is 240 g/mol. The Kier molecular flexibility index (Phi) is 4.11. The van der Waals surface area contributed by atoms with Crippen LogP contribution in [0.3, 0.4) is 0 Å². The minimum Gasteiger partial charge on any atom is -0.308 e. The smallest absolute Gasteiger partial charge is 0.156 e. The van der Waals surface area contributed by atoms with Crippen molar-refractivity contribution in [3.63, 3.8) is 0 Å². The maximum absolute atomic E-state index is 12.0. The summed E-state index contributed by atoms with van der Waals surface area (Å²) in [5.74, 6) is 0.140. The van der Waals surface area contributed by atoms with Crippen molar-refractivity contribution >= 4 is 17.4 Å². The normalized spacial score (nSPS) is 11.6. The van der Waals surface area contributed by atoms with Gasteiger partial charge < -0.3 is 5.32 Å². The number of halogens is 1. The maximum atomic E-state index is 12.0. The lowest BCUT2D eigenvalue weighted by Gasteiger charge is -2.22. The fraction of sp³-hybridized carbons (Fsp3) is 0.462. The van der Waals surface area contributed by atoms with E-state index >= 15 is 0 Å². The van der Waals surface area contributed by atoms with Crippen molar-refractivity contribution in [1.29, 1.82) is 0 Å². The highest BCUT2D eigenvalue weighted by atomic mass is 35.5. The van der Waals surface area contributed by atoms with Crippen molar-refractivity contribution in [2.75, 3.05) is 7.05 Å². The third kappa shape index (κ3) is 3.06. The predicted octanol–water partition coefficient (Wildman–Crippen LogP) is 2.76. The molecule has 88 valence electrons. The number of aryl methyl sites for hydroxylation is 1. The number of carbonyl (C=O) groups excluding carboxylic acids is 1. The molecule has 0 aromatic heterocycles. The van der Waals surface area contributed by atoms with E-state index in [1.165, 1.54) is 0 Å². The highest BCUT2D eigenvalue weighted by Gasteiger charge is 2.25. The lowest BCUT2D eigenvalue weighted by molar-refractivity contribution is -0.123. The number of rotatable bonds is 4. The molecule has 0 saturated carbocycles. The summed E-state index contributed by atoms with van der Waals surface area (Å²) in [5, 5.41) is 3.67. The molecule has 1 aromatic rings. The van der Waals surface area contributed by atoms with E-state index in [1.807, 2.05) is 39.0 Å². The van der Waals surface area contributed by atoms with Gasteiger partial charge in [-0.3, -0.25) is 4.79 Å². The van der Waals surface area contributed by atoms with Gasteiger partial charge in [0.05, 0.1) is 5.54 Å². The van der Waals surface area contributed by atoms with Crippen LogP contribution in [0.15, 0.2) is 18.2 Å². The average Bonchev–Trinajstić information content (AvgIpc) is 2.22. The summed E-state index contributed by atoms with van der Waals surface area (Å²) < 4.78 is 0. The van der Waals surface area contributed by atoms with Crippen molar-refractivity contribution in [2.24, 2.45) is 0 Å². The number of hydrogen-bond acceptors (Lipinski definition) is 2. The molecule has 0 radical (unpaired) electrons. The molecule has 0 unspecified atom stereocenters. The van der Waals surface area contributed by atoms with E-state index in [9.17, 15) is 4.79 Å². The predicted molar refractivity (Wildman–Crippen MR) is 68.0 cm³/mol. The van der Waals surface area contributed by atoms with Crippen LogP contribution in [0, 0.1) is 6.92 Å². The van der Waals surface area contributed by atoms with Crippen molar-refractivity contribution in [2.45, 2.75) is 32.7 Å². The first-order valence-electron chi connectivity index (χ1n) is 5.34. The van der Waals surface area contributed by atoms with Gasteiger partial charge in [0.15, 0.2) is 5.78 Å². The van der Waals surface area contributed by atoms with Crippen LogP contribution in [0.2, 0.25) is 5.02 Å². The molecule has 0 aliphatic heterocycles. The first-order valence-corrected chi connectivity index (χ1v) is 5.72. The highest BCUT2D eigenvalue weighted by Crippen LogP contribution is 2.20. The van der Waals surface area contributed by atoms with Gasteiger partial charge in [-0.1, -0.05) is 23.7 Å². The quantitative estimate of drug-likeness (QED) is 0.876. The van der Waals surface area contributed by atoms with Gasteiger partial charge in [0, 0.05) is 11.4 Å². The monoisotopic (exact) mass is 239 g/mol. The third-order valence-electron chi connectivity index (χ3n) is 2.88. The number of ketones is 1. The summed E-state index contributed by atoms with van der Waals surface area (Å²) in [6.45, 7) is 5.73. The molecule has 2 nitrogen and oxygen atoms in total. The Bertz CT molecular complexity index is 399. The van der Waals surface area contributed by atoms with E-state index in [0.717, 1.165) is 11.1 Å². The molecule has 0 heterocycles. The summed E-state index contributed by atoms with van der Waals surface area (Å²) in [6, 6.07) is 5.78.